The van der Waals surface area contributed by atoms with Crippen LogP contribution in [0.3, 0.4) is 0 Å². The van der Waals surface area contributed by atoms with Gasteiger partial charge in [-0.2, -0.15) is 0 Å². The predicted molar refractivity (Wildman–Crippen MR) is 123 cm³/mol. The Balaban J connectivity index is 1.55. The van der Waals surface area contributed by atoms with Gasteiger partial charge in [0.05, 0.1) is 5.02 Å². The van der Waals surface area contributed by atoms with Crippen molar-refractivity contribution in [2.24, 2.45) is 0 Å². The van der Waals surface area contributed by atoms with Crippen molar-refractivity contribution in [2.45, 2.75) is 74.1 Å². The van der Waals surface area contributed by atoms with Gasteiger partial charge in [0.25, 0.3) is 0 Å². The van der Waals surface area contributed by atoms with Gasteiger partial charge in [-0.1, -0.05) is 31.0 Å². The first kappa shape index (κ1) is 21.6. The summed E-state index contributed by atoms with van der Waals surface area (Å²) in [7, 11) is 2.26. The molecule has 2 aliphatic rings. The lowest BCUT2D eigenvalue weighted by Crippen LogP contribution is -2.40. The highest BCUT2D eigenvalue weighted by Crippen LogP contribution is 2.43. The lowest BCUT2D eigenvalue weighted by atomic mass is 9.98. The molecule has 0 radical (unpaired) electrons. The van der Waals surface area contributed by atoms with Crippen molar-refractivity contribution in [3.8, 4) is 11.1 Å². The SMILES string of the molecule is CCCCc1cc([N+](=O)[O-])ncc1-c1ccc(SC2C[C@H]3CC[C@@H](C2)N3C)c(Cl)c1. The van der Waals surface area contributed by atoms with E-state index in [0.29, 0.717) is 17.3 Å². The molecule has 7 heteroatoms. The molecule has 4 rings (SSSR count). The van der Waals surface area contributed by atoms with E-state index in [1.807, 2.05) is 17.8 Å². The fourth-order valence-corrected chi connectivity index (χ4v) is 6.45. The van der Waals surface area contributed by atoms with Crippen molar-refractivity contribution in [3.63, 3.8) is 0 Å². The molecule has 0 N–H and O–H groups in total. The van der Waals surface area contributed by atoms with Crippen molar-refractivity contribution >= 4 is 29.2 Å². The number of aromatic nitrogens is 1. The fourth-order valence-electron chi connectivity index (χ4n) is 4.82. The quantitative estimate of drug-likeness (QED) is 0.366. The van der Waals surface area contributed by atoms with Gasteiger partial charge in [-0.05, 0) is 78.7 Å². The van der Waals surface area contributed by atoms with E-state index in [2.05, 4.69) is 36.0 Å². The Morgan fingerprint density at radius 1 is 1.27 bits per heavy atom. The van der Waals surface area contributed by atoms with Crippen molar-refractivity contribution < 1.29 is 4.92 Å². The molecule has 0 spiro atoms. The largest absolute Gasteiger partial charge is 0.363 e. The van der Waals surface area contributed by atoms with E-state index >= 15 is 0 Å². The summed E-state index contributed by atoms with van der Waals surface area (Å²) in [5, 5.41) is 12.5. The zero-order valence-electron chi connectivity index (χ0n) is 17.5. The number of piperidine rings is 1. The highest BCUT2D eigenvalue weighted by Gasteiger charge is 2.38. The molecule has 0 amide bonds. The van der Waals surface area contributed by atoms with E-state index in [9.17, 15) is 10.1 Å². The highest BCUT2D eigenvalue weighted by atomic mass is 35.5. The standard InChI is InChI=1S/C23H28ClN3O2S/c1-3-4-5-15-11-23(27(28)29)25-14-20(15)16-6-9-22(21(24)10-16)30-19-12-17-7-8-18(13-19)26(17)2/h6,9-11,14,17-19H,3-5,7-8,12-13H2,1-2H3/t17-,18+,19?. The Hall–Kier alpha value is -1.63. The summed E-state index contributed by atoms with van der Waals surface area (Å²) in [6, 6.07) is 9.21. The summed E-state index contributed by atoms with van der Waals surface area (Å²) in [4.78, 5) is 18.4. The fraction of sp³-hybridized carbons (Fsp3) is 0.522. The molecule has 3 heterocycles. The minimum Gasteiger partial charge on any atom is -0.358 e. The summed E-state index contributed by atoms with van der Waals surface area (Å²) >= 11 is 8.60. The highest BCUT2D eigenvalue weighted by molar-refractivity contribution is 8.00. The zero-order chi connectivity index (χ0) is 21.3. The molecular formula is C23H28ClN3O2S. The number of pyridine rings is 1. The van der Waals surface area contributed by atoms with Crippen LogP contribution in [-0.2, 0) is 6.42 Å². The summed E-state index contributed by atoms with van der Waals surface area (Å²) in [6.45, 7) is 2.12. The zero-order valence-corrected chi connectivity index (χ0v) is 19.1. The van der Waals surface area contributed by atoms with Crippen molar-refractivity contribution in [1.29, 1.82) is 0 Å². The number of hydrogen-bond acceptors (Lipinski definition) is 5. The number of benzene rings is 1. The van der Waals surface area contributed by atoms with Crippen LogP contribution in [0.15, 0.2) is 35.4 Å². The van der Waals surface area contributed by atoms with Gasteiger partial charge < -0.3 is 15.0 Å². The van der Waals surface area contributed by atoms with Crippen molar-refractivity contribution in [2.75, 3.05) is 7.05 Å². The van der Waals surface area contributed by atoms with Crippen LogP contribution in [0.2, 0.25) is 5.02 Å². The van der Waals surface area contributed by atoms with E-state index in [1.165, 1.54) is 25.7 Å². The average molecular weight is 446 g/mol. The lowest BCUT2D eigenvalue weighted by molar-refractivity contribution is -0.389. The second-order valence-electron chi connectivity index (χ2n) is 8.47. The summed E-state index contributed by atoms with van der Waals surface area (Å²) in [5.41, 5.74) is 2.87. The van der Waals surface area contributed by atoms with Gasteiger partial charge in [-0.15, -0.1) is 11.8 Å². The topological polar surface area (TPSA) is 59.3 Å². The van der Waals surface area contributed by atoms with Crippen LogP contribution in [0.5, 0.6) is 0 Å². The van der Waals surface area contributed by atoms with Crippen LogP contribution < -0.4 is 0 Å². The van der Waals surface area contributed by atoms with Crippen molar-refractivity contribution in [3.05, 3.63) is 51.2 Å². The molecule has 1 aromatic carbocycles. The second kappa shape index (κ2) is 9.25. The molecule has 0 saturated carbocycles. The summed E-state index contributed by atoms with van der Waals surface area (Å²) in [6.07, 6.45) is 9.51. The Labute approximate surface area is 187 Å². The van der Waals surface area contributed by atoms with Gasteiger partial charge in [-0.25, -0.2) is 0 Å². The first-order valence-electron chi connectivity index (χ1n) is 10.8. The van der Waals surface area contributed by atoms with E-state index in [-0.39, 0.29) is 5.82 Å². The minimum absolute atomic E-state index is 0.0972. The molecule has 2 aromatic rings. The molecular weight excluding hydrogens is 418 g/mol. The molecule has 2 fully saturated rings. The monoisotopic (exact) mass is 445 g/mol. The van der Waals surface area contributed by atoms with Crippen LogP contribution in [0, 0.1) is 10.1 Å². The Kier molecular flexibility index (Phi) is 6.66. The number of thioether (sulfide) groups is 1. The first-order chi connectivity index (χ1) is 14.5. The number of fused-ring (bicyclic) bond motifs is 2. The number of rotatable bonds is 7. The molecule has 160 valence electrons. The van der Waals surface area contributed by atoms with Crippen LogP contribution in [0.4, 0.5) is 5.82 Å². The third kappa shape index (κ3) is 4.51. The Bertz CT molecular complexity index is 925. The number of hydrogen-bond donors (Lipinski definition) is 0. The minimum atomic E-state index is -0.430. The number of halogens is 1. The predicted octanol–water partition coefficient (Wildman–Crippen LogP) is 6.37. The van der Waals surface area contributed by atoms with Gasteiger partial charge in [0, 0.05) is 33.9 Å². The van der Waals surface area contributed by atoms with Gasteiger partial charge in [-0.3, -0.25) is 0 Å². The number of unbranched alkanes of at least 4 members (excludes halogenated alkanes) is 1. The van der Waals surface area contributed by atoms with E-state index in [4.69, 9.17) is 11.6 Å². The van der Waals surface area contributed by atoms with E-state index < -0.39 is 4.92 Å². The smallest absolute Gasteiger partial charge is 0.358 e. The molecule has 2 bridgehead atoms. The molecule has 1 unspecified atom stereocenters. The maximum Gasteiger partial charge on any atom is 0.363 e. The Morgan fingerprint density at radius 3 is 2.63 bits per heavy atom. The van der Waals surface area contributed by atoms with Crippen LogP contribution in [-0.4, -0.2) is 39.2 Å². The molecule has 1 aromatic heterocycles. The van der Waals surface area contributed by atoms with Crippen LogP contribution in [0.25, 0.3) is 11.1 Å². The Morgan fingerprint density at radius 2 is 2.00 bits per heavy atom. The average Bonchev–Trinajstić information content (AvgIpc) is 2.94. The van der Waals surface area contributed by atoms with E-state index in [1.54, 1.807) is 12.3 Å². The molecule has 2 saturated heterocycles. The maximum absolute atomic E-state index is 11.1. The van der Waals surface area contributed by atoms with Crippen LogP contribution >= 0.6 is 23.4 Å². The normalized spacial score (nSPS) is 23.6. The van der Waals surface area contributed by atoms with Gasteiger partial charge in [0.2, 0.25) is 0 Å². The number of aryl methyl sites for hydroxylation is 1. The first-order valence-corrected chi connectivity index (χ1v) is 12.0. The summed E-state index contributed by atoms with van der Waals surface area (Å²) < 4.78 is 0. The van der Waals surface area contributed by atoms with Crippen molar-refractivity contribution in [1.82, 2.24) is 9.88 Å². The summed E-state index contributed by atoms with van der Waals surface area (Å²) in [5.74, 6) is -0.0972. The van der Waals surface area contributed by atoms with Gasteiger partial charge >= 0.3 is 5.82 Å². The van der Waals surface area contributed by atoms with Crippen LogP contribution in [0.1, 0.15) is 51.0 Å². The second-order valence-corrected chi connectivity index (χ2v) is 10.2. The third-order valence-corrected chi connectivity index (χ3v) is 8.31. The number of nitro groups is 1. The molecule has 5 nitrogen and oxygen atoms in total. The van der Waals surface area contributed by atoms with E-state index in [0.717, 1.165) is 45.9 Å². The maximum atomic E-state index is 11.1. The van der Waals surface area contributed by atoms with Gasteiger partial charge in [0.1, 0.15) is 6.20 Å². The van der Waals surface area contributed by atoms with Gasteiger partial charge in [0.15, 0.2) is 0 Å². The molecule has 0 aliphatic carbocycles. The molecule has 3 atom stereocenters. The molecule has 2 aliphatic heterocycles. The third-order valence-electron chi connectivity index (χ3n) is 6.55. The lowest BCUT2D eigenvalue weighted by Gasteiger charge is -2.36. The molecule has 30 heavy (non-hydrogen) atoms. The number of nitrogens with zero attached hydrogens (tertiary/aromatic N) is 3.